The van der Waals surface area contributed by atoms with Crippen LogP contribution in [-0.4, -0.2) is 10.1 Å². The van der Waals surface area contributed by atoms with E-state index in [1.165, 1.54) is 6.07 Å². The smallest absolute Gasteiger partial charge is 0.283 e. The molecular formula is C8H8BrN3O2S. The van der Waals surface area contributed by atoms with Crippen molar-refractivity contribution in [3.8, 4) is 0 Å². The summed E-state index contributed by atoms with van der Waals surface area (Å²) in [6.45, 7) is 0. The van der Waals surface area contributed by atoms with Crippen molar-refractivity contribution >= 4 is 38.5 Å². The molecule has 0 aromatic heterocycles. The molecule has 0 fully saturated rings. The van der Waals surface area contributed by atoms with E-state index in [0.29, 0.717) is 10.2 Å². The number of thioether (sulfide) groups is 1. The Labute approximate surface area is 98.8 Å². The molecule has 0 saturated carbocycles. The van der Waals surface area contributed by atoms with Gasteiger partial charge < -0.3 is 5.73 Å². The molecule has 1 aromatic carbocycles. The van der Waals surface area contributed by atoms with Gasteiger partial charge >= 0.3 is 0 Å². The number of halogens is 1. The summed E-state index contributed by atoms with van der Waals surface area (Å²) in [6, 6.07) is 4.79. The highest BCUT2D eigenvalue weighted by atomic mass is 79.9. The Hall–Kier alpha value is -1.08. The van der Waals surface area contributed by atoms with Crippen LogP contribution in [0, 0.1) is 15.5 Å². The molecule has 0 saturated heterocycles. The minimum atomic E-state index is -0.452. The average Bonchev–Trinajstić information content (AvgIpc) is 2.15. The quantitative estimate of drug-likeness (QED) is 0.387. The van der Waals surface area contributed by atoms with E-state index in [4.69, 9.17) is 11.1 Å². The minimum Gasteiger partial charge on any atom is -0.379 e. The molecular weight excluding hydrogens is 282 g/mol. The van der Waals surface area contributed by atoms with E-state index in [1.54, 1.807) is 12.1 Å². The van der Waals surface area contributed by atoms with Crippen LogP contribution in [-0.2, 0) is 5.75 Å². The first-order chi connectivity index (χ1) is 7.02. The monoisotopic (exact) mass is 289 g/mol. The van der Waals surface area contributed by atoms with Crippen molar-refractivity contribution in [2.75, 3.05) is 0 Å². The number of rotatable bonds is 3. The summed E-state index contributed by atoms with van der Waals surface area (Å²) >= 11 is 4.29. The lowest BCUT2D eigenvalue weighted by Crippen LogP contribution is -2.04. The summed E-state index contributed by atoms with van der Waals surface area (Å²) in [4.78, 5) is 10.2. The van der Waals surface area contributed by atoms with Gasteiger partial charge in [0.25, 0.3) is 5.69 Å². The Balaban J connectivity index is 2.94. The van der Waals surface area contributed by atoms with Crippen molar-refractivity contribution in [2.24, 2.45) is 5.73 Å². The lowest BCUT2D eigenvalue weighted by atomic mass is 10.2. The molecule has 0 bridgehead atoms. The molecule has 0 atom stereocenters. The Bertz CT molecular complexity index is 411. The van der Waals surface area contributed by atoms with Crippen LogP contribution in [0.4, 0.5) is 5.69 Å². The predicted molar refractivity (Wildman–Crippen MR) is 64.0 cm³/mol. The number of amidine groups is 1. The van der Waals surface area contributed by atoms with Crippen molar-refractivity contribution < 1.29 is 4.92 Å². The van der Waals surface area contributed by atoms with Gasteiger partial charge in [0.1, 0.15) is 0 Å². The molecule has 0 spiro atoms. The summed E-state index contributed by atoms with van der Waals surface area (Å²) < 4.78 is 0.448. The number of hydrogen-bond acceptors (Lipinski definition) is 4. The molecule has 0 unspecified atom stereocenters. The second-order valence-electron chi connectivity index (χ2n) is 2.66. The maximum Gasteiger partial charge on any atom is 0.283 e. The molecule has 0 amide bonds. The molecule has 1 aromatic rings. The zero-order chi connectivity index (χ0) is 11.4. The second kappa shape index (κ2) is 5.13. The van der Waals surface area contributed by atoms with E-state index in [2.05, 4.69) is 15.9 Å². The maximum atomic E-state index is 10.6. The molecule has 5 nitrogen and oxygen atoms in total. The summed E-state index contributed by atoms with van der Waals surface area (Å²) in [5, 5.41) is 17.7. The van der Waals surface area contributed by atoms with E-state index >= 15 is 0 Å². The van der Waals surface area contributed by atoms with Gasteiger partial charge in [0.05, 0.1) is 9.40 Å². The van der Waals surface area contributed by atoms with Crippen LogP contribution in [0.15, 0.2) is 22.7 Å². The third-order valence-corrected chi connectivity index (χ3v) is 3.32. The number of nitrogens with zero attached hydrogens (tertiary/aromatic N) is 1. The Morgan fingerprint density at radius 2 is 2.33 bits per heavy atom. The average molecular weight is 290 g/mol. The van der Waals surface area contributed by atoms with E-state index < -0.39 is 4.92 Å². The fourth-order valence-electron chi connectivity index (χ4n) is 0.974. The lowest BCUT2D eigenvalue weighted by Gasteiger charge is -2.03. The van der Waals surface area contributed by atoms with Gasteiger partial charge in [-0.15, -0.1) is 0 Å². The standard InChI is InChI=1S/C8H8BrN3O2S/c9-7-5(4-15-8(10)11)2-1-3-6(7)12(13)14/h1-3H,4H2,(H3,10,11). The van der Waals surface area contributed by atoms with Crippen LogP contribution in [0.2, 0.25) is 0 Å². The molecule has 7 heteroatoms. The van der Waals surface area contributed by atoms with Crippen LogP contribution < -0.4 is 5.73 Å². The maximum absolute atomic E-state index is 10.6. The topological polar surface area (TPSA) is 93.0 Å². The molecule has 0 aliphatic rings. The van der Waals surface area contributed by atoms with Crippen LogP contribution in [0.1, 0.15) is 5.56 Å². The van der Waals surface area contributed by atoms with E-state index in [1.807, 2.05) is 0 Å². The van der Waals surface area contributed by atoms with Gasteiger partial charge in [0.15, 0.2) is 5.17 Å². The van der Waals surface area contributed by atoms with Gasteiger partial charge in [-0.25, -0.2) is 0 Å². The predicted octanol–water partition coefficient (Wildman–Crippen LogP) is 2.48. The molecule has 1 rings (SSSR count). The molecule has 0 aliphatic heterocycles. The van der Waals surface area contributed by atoms with Gasteiger partial charge in [0, 0.05) is 11.8 Å². The van der Waals surface area contributed by atoms with Crippen molar-refractivity contribution in [2.45, 2.75) is 5.75 Å². The van der Waals surface area contributed by atoms with Gasteiger partial charge in [-0.2, -0.15) is 0 Å². The fraction of sp³-hybridized carbons (Fsp3) is 0.125. The van der Waals surface area contributed by atoms with Gasteiger partial charge in [-0.3, -0.25) is 15.5 Å². The first-order valence-electron chi connectivity index (χ1n) is 3.91. The SMILES string of the molecule is N=C(N)SCc1cccc([N+](=O)[O-])c1Br. The zero-order valence-corrected chi connectivity index (χ0v) is 9.97. The Morgan fingerprint density at radius 3 is 2.87 bits per heavy atom. The lowest BCUT2D eigenvalue weighted by molar-refractivity contribution is -0.385. The van der Waals surface area contributed by atoms with Crippen molar-refractivity contribution in [1.82, 2.24) is 0 Å². The fourth-order valence-corrected chi connectivity index (χ4v) is 2.26. The van der Waals surface area contributed by atoms with Crippen molar-refractivity contribution in [1.29, 1.82) is 5.41 Å². The van der Waals surface area contributed by atoms with Crippen LogP contribution in [0.5, 0.6) is 0 Å². The van der Waals surface area contributed by atoms with Crippen LogP contribution in [0.3, 0.4) is 0 Å². The summed E-state index contributed by atoms with van der Waals surface area (Å²) in [5.41, 5.74) is 5.96. The van der Waals surface area contributed by atoms with Crippen LogP contribution >= 0.6 is 27.7 Å². The molecule has 3 N–H and O–H groups in total. The normalized spacial score (nSPS) is 9.93. The summed E-state index contributed by atoms with van der Waals surface area (Å²) in [7, 11) is 0. The summed E-state index contributed by atoms with van der Waals surface area (Å²) in [6.07, 6.45) is 0. The Morgan fingerprint density at radius 1 is 1.67 bits per heavy atom. The number of nitrogens with one attached hydrogen (secondary N) is 1. The van der Waals surface area contributed by atoms with E-state index in [0.717, 1.165) is 17.3 Å². The highest BCUT2D eigenvalue weighted by Crippen LogP contribution is 2.30. The van der Waals surface area contributed by atoms with Gasteiger partial charge in [-0.1, -0.05) is 23.9 Å². The third-order valence-electron chi connectivity index (χ3n) is 1.64. The molecule has 0 heterocycles. The minimum absolute atomic E-state index is 0.00611. The third kappa shape index (κ3) is 3.21. The van der Waals surface area contributed by atoms with E-state index in [9.17, 15) is 10.1 Å². The number of hydrogen-bond donors (Lipinski definition) is 2. The molecule has 15 heavy (non-hydrogen) atoms. The highest BCUT2D eigenvalue weighted by Gasteiger charge is 2.14. The number of nitrogens with two attached hydrogens (primary N) is 1. The zero-order valence-electron chi connectivity index (χ0n) is 7.57. The van der Waals surface area contributed by atoms with Crippen molar-refractivity contribution in [3.63, 3.8) is 0 Å². The number of nitro benzene ring substituents is 1. The molecule has 0 aliphatic carbocycles. The first kappa shape index (κ1) is 12.0. The van der Waals surface area contributed by atoms with E-state index in [-0.39, 0.29) is 10.9 Å². The molecule has 80 valence electrons. The molecule has 0 radical (unpaired) electrons. The number of nitro groups is 1. The highest BCUT2D eigenvalue weighted by molar-refractivity contribution is 9.10. The van der Waals surface area contributed by atoms with Gasteiger partial charge in [0.2, 0.25) is 0 Å². The second-order valence-corrected chi connectivity index (χ2v) is 4.47. The Kier molecular flexibility index (Phi) is 4.10. The largest absolute Gasteiger partial charge is 0.379 e. The van der Waals surface area contributed by atoms with Crippen LogP contribution in [0.25, 0.3) is 0 Å². The first-order valence-corrected chi connectivity index (χ1v) is 5.69. The van der Waals surface area contributed by atoms with Gasteiger partial charge in [-0.05, 0) is 21.5 Å². The van der Waals surface area contributed by atoms with Crippen molar-refractivity contribution in [3.05, 3.63) is 38.3 Å². The number of benzene rings is 1. The summed E-state index contributed by atoms with van der Waals surface area (Å²) in [5.74, 6) is 0.442.